The number of rotatable bonds is 12. The summed E-state index contributed by atoms with van der Waals surface area (Å²) in [7, 11) is 0. The predicted octanol–water partition coefficient (Wildman–Crippen LogP) is 3.05. The van der Waals surface area contributed by atoms with Gasteiger partial charge in [-0.3, -0.25) is 29.2 Å². The molecular weight excluding hydrogens is 512 g/mol. The van der Waals surface area contributed by atoms with E-state index >= 15 is 0 Å². The molecule has 3 rings (SSSR count). The van der Waals surface area contributed by atoms with E-state index in [9.17, 15) is 29.4 Å². The maximum atomic E-state index is 13.0. The van der Waals surface area contributed by atoms with Gasteiger partial charge < -0.3 is 15.5 Å². The minimum Gasteiger partial charge on any atom is -0.480 e. The van der Waals surface area contributed by atoms with Crippen molar-refractivity contribution >= 4 is 23.6 Å². The lowest BCUT2D eigenvalue weighted by Gasteiger charge is -2.34. The van der Waals surface area contributed by atoms with Crippen molar-refractivity contribution in [2.75, 3.05) is 6.54 Å². The van der Waals surface area contributed by atoms with Crippen molar-refractivity contribution in [2.45, 2.75) is 78.0 Å². The van der Waals surface area contributed by atoms with Crippen molar-refractivity contribution < 1.29 is 29.4 Å². The summed E-state index contributed by atoms with van der Waals surface area (Å²) in [6, 6.07) is 9.68. The zero-order valence-electron chi connectivity index (χ0n) is 23.6. The molecule has 0 aliphatic carbocycles. The lowest BCUT2D eigenvalue weighted by atomic mass is 9.88. The Balaban J connectivity index is 1.52. The van der Waals surface area contributed by atoms with Crippen LogP contribution in [0.1, 0.15) is 70.6 Å². The van der Waals surface area contributed by atoms with E-state index in [0.29, 0.717) is 25.8 Å². The Labute approximate surface area is 235 Å². The van der Waals surface area contributed by atoms with E-state index in [1.807, 2.05) is 50.2 Å². The topological polar surface area (TPSA) is 149 Å². The van der Waals surface area contributed by atoms with Gasteiger partial charge in [-0.05, 0) is 62.3 Å². The van der Waals surface area contributed by atoms with Crippen LogP contribution in [0.4, 0.5) is 0 Å². The Kier molecular flexibility index (Phi) is 10.9. The summed E-state index contributed by atoms with van der Waals surface area (Å²) in [5, 5.41) is 23.0. The summed E-state index contributed by atoms with van der Waals surface area (Å²) in [6.45, 7) is 7.36. The van der Waals surface area contributed by atoms with E-state index in [4.69, 9.17) is 0 Å². The lowest BCUT2D eigenvalue weighted by molar-refractivity contribution is -0.148. The minimum atomic E-state index is -1.03. The number of pyridine rings is 1. The molecule has 0 saturated carbocycles. The van der Waals surface area contributed by atoms with Gasteiger partial charge in [0.25, 0.3) is 5.91 Å². The highest BCUT2D eigenvalue weighted by Crippen LogP contribution is 2.23. The number of carbonyl (C=O) groups excluding carboxylic acids is 3. The van der Waals surface area contributed by atoms with Crippen molar-refractivity contribution in [1.82, 2.24) is 20.7 Å². The number of aliphatic carboxylic acids is 1. The monoisotopic (exact) mass is 552 g/mol. The van der Waals surface area contributed by atoms with Gasteiger partial charge in [0.15, 0.2) is 0 Å². The van der Waals surface area contributed by atoms with Crippen LogP contribution in [-0.2, 0) is 25.6 Å². The average molecular weight is 553 g/mol. The second kappa shape index (κ2) is 14.1. The number of aromatic nitrogens is 1. The Morgan fingerprint density at radius 3 is 2.50 bits per heavy atom. The number of hydrazine groups is 1. The van der Waals surface area contributed by atoms with Crippen LogP contribution >= 0.6 is 0 Å². The van der Waals surface area contributed by atoms with Crippen molar-refractivity contribution in [3.05, 3.63) is 53.7 Å². The normalized spacial score (nSPS) is 17.6. The predicted molar refractivity (Wildman–Crippen MR) is 150 cm³/mol. The van der Waals surface area contributed by atoms with E-state index in [1.165, 1.54) is 5.01 Å². The van der Waals surface area contributed by atoms with Gasteiger partial charge >= 0.3 is 5.97 Å². The molecule has 1 saturated heterocycles. The molecule has 2 amide bonds. The summed E-state index contributed by atoms with van der Waals surface area (Å²) >= 11 is 0. The second-order valence-electron chi connectivity index (χ2n) is 10.8. The third-order valence-electron chi connectivity index (χ3n) is 7.25. The first kappa shape index (κ1) is 30.9. The Morgan fingerprint density at radius 2 is 1.88 bits per heavy atom. The number of ketones is 1. The standard InChI is InChI=1S/C30H40N4O6/c1-18(2)25(28(37)32-19(3)29(38)34-14-6-9-27(33-34)30(39)40)16-24(36)12-10-21-11-13-26(31-17-21)23-8-5-7-22(15-23)20(4)35/h5,7-8,11,13,15,17-20,25,27,33,35H,6,9-10,12,14,16H2,1-4H3,(H,32,37)(H,39,40)/t19-,20+,25-,27-/m0/s1. The van der Waals surface area contributed by atoms with Gasteiger partial charge in [0.1, 0.15) is 17.9 Å². The fourth-order valence-corrected chi connectivity index (χ4v) is 4.70. The zero-order valence-corrected chi connectivity index (χ0v) is 23.6. The van der Waals surface area contributed by atoms with Crippen LogP contribution in [0.3, 0.4) is 0 Å². The second-order valence-corrected chi connectivity index (χ2v) is 10.8. The smallest absolute Gasteiger partial charge is 0.322 e. The number of carboxylic acids is 1. The molecule has 40 heavy (non-hydrogen) atoms. The molecule has 10 heteroatoms. The van der Waals surface area contributed by atoms with Crippen LogP contribution in [0.2, 0.25) is 0 Å². The number of aliphatic hydroxyl groups excluding tert-OH is 1. The van der Waals surface area contributed by atoms with Gasteiger partial charge in [-0.25, -0.2) is 5.43 Å². The summed E-state index contributed by atoms with van der Waals surface area (Å²) in [4.78, 5) is 54.5. The van der Waals surface area contributed by atoms with Gasteiger partial charge in [0.2, 0.25) is 5.91 Å². The Bertz CT molecular complexity index is 1200. The molecule has 1 aliphatic rings. The van der Waals surface area contributed by atoms with Gasteiger partial charge in [0, 0.05) is 37.1 Å². The number of hydrogen-bond donors (Lipinski definition) is 4. The molecule has 216 valence electrons. The number of benzene rings is 1. The number of nitrogens with one attached hydrogen (secondary N) is 2. The zero-order chi connectivity index (χ0) is 29.4. The molecule has 1 fully saturated rings. The summed E-state index contributed by atoms with van der Waals surface area (Å²) in [6.07, 6.45) is 2.96. The number of carboxylic acid groups (broad SMARTS) is 1. The number of Topliss-reactive ketones (excluding diaryl/α,β-unsaturated/α-hetero) is 1. The average Bonchev–Trinajstić information content (AvgIpc) is 2.94. The quantitative estimate of drug-likeness (QED) is 0.314. The van der Waals surface area contributed by atoms with Gasteiger partial charge in [0.05, 0.1) is 11.8 Å². The SMILES string of the molecule is CC(C)[C@H](CC(=O)CCc1ccc(-c2cccc([C@@H](C)O)c2)nc1)C(=O)N[C@@H](C)C(=O)N1CCC[C@@H](C(=O)O)N1. The molecule has 4 atom stereocenters. The minimum absolute atomic E-state index is 0.0523. The van der Waals surface area contributed by atoms with Crippen molar-refractivity contribution in [3.63, 3.8) is 0 Å². The molecule has 0 radical (unpaired) electrons. The van der Waals surface area contributed by atoms with Gasteiger partial charge in [-0.2, -0.15) is 0 Å². The van der Waals surface area contributed by atoms with E-state index in [2.05, 4.69) is 15.7 Å². The summed E-state index contributed by atoms with van der Waals surface area (Å²) in [5.41, 5.74) is 6.10. The first-order valence-corrected chi connectivity index (χ1v) is 13.8. The van der Waals surface area contributed by atoms with Crippen LogP contribution in [0.15, 0.2) is 42.6 Å². The third kappa shape index (κ3) is 8.43. The van der Waals surface area contributed by atoms with E-state index in [1.54, 1.807) is 20.0 Å². The fraction of sp³-hybridized carbons (Fsp3) is 0.500. The number of nitrogens with zero attached hydrogens (tertiary/aromatic N) is 2. The highest BCUT2D eigenvalue weighted by Gasteiger charge is 2.32. The molecule has 10 nitrogen and oxygen atoms in total. The largest absolute Gasteiger partial charge is 0.480 e. The van der Waals surface area contributed by atoms with Gasteiger partial charge in [-0.15, -0.1) is 0 Å². The number of aliphatic hydroxyl groups is 1. The summed E-state index contributed by atoms with van der Waals surface area (Å²) < 4.78 is 0. The molecule has 0 bridgehead atoms. The maximum Gasteiger partial charge on any atom is 0.322 e. The highest BCUT2D eigenvalue weighted by atomic mass is 16.4. The molecule has 2 aromatic rings. The number of aryl methyl sites for hydroxylation is 1. The molecule has 1 aromatic carbocycles. The first-order valence-electron chi connectivity index (χ1n) is 13.8. The molecule has 4 N–H and O–H groups in total. The van der Waals surface area contributed by atoms with Crippen LogP contribution < -0.4 is 10.7 Å². The van der Waals surface area contributed by atoms with E-state index in [-0.39, 0.29) is 30.4 Å². The van der Waals surface area contributed by atoms with Crippen LogP contribution in [0, 0.1) is 11.8 Å². The molecule has 2 heterocycles. The Morgan fingerprint density at radius 1 is 1.12 bits per heavy atom. The third-order valence-corrected chi connectivity index (χ3v) is 7.25. The van der Waals surface area contributed by atoms with Crippen molar-refractivity contribution in [2.24, 2.45) is 11.8 Å². The highest BCUT2D eigenvalue weighted by molar-refractivity contribution is 5.91. The first-order chi connectivity index (χ1) is 19.0. The number of hydrogen-bond acceptors (Lipinski definition) is 7. The lowest BCUT2D eigenvalue weighted by Crippen LogP contribution is -2.59. The Hall–Kier alpha value is -3.63. The van der Waals surface area contributed by atoms with Crippen LogP contribution in [-0.4, -0.2) is 62.4 Å². The van der Waals surface area contributed by atoms with E-state index < -0.39 is 36.0 Å². The number of carbonyl (C=O) groups is 4. The molecule has 0 unspecified atom stereocenters. The molecule has 1 aliphatic heterocycles. The van der Waals surface area contributed by atoms with Crippen molar-refractivity contribution in [1.29, 1.82) is 0 Å². The molecule has 1 aromatic heterocycles. The van der Waals surface area contributed by atoms with Crippen LogP contribution in [0.25, 0.3) is 11.3 Å². The fourth-order valence-electron chi connectivity index (χ4n) is 4.70. The molecular formula is C30H40N4O6. The van der Waals surface area contributed by atoms with Crippen LogP contribution in [0.5, 0.6) is 0 Å². The molecule has 0 spiro atoms. The van der Waals surface area contributed by atoms with E-state index in [0.717, 1.165) is 22.4 Å². The summed E-state index contributed by atoms with van der Waals surface area (Å²) in [5.74, 6) is -2.58. The number of amides is 2. The van der Waals surface area contributed by atoms with Gasteiger partial charge in [-0.1, -0.05) is 38.1 Å². The maximum absolute atomic E-state index is 13.0. The van der Waals surface area contributed by atoms with Crippen molar-refractivity contribution in [3.8, 4) is 11.3 Å².